The molecule has 0 aliphatic heterocycles. The second-order valence-electron chi connectivity index (χ2n) is 3.48. The summed E-state index contributed by atoms with van der Waals surface area (Å²) >= 11 is 0. The van der Waals surface area contributed by atoms with Gasteiger partial charge in [-0.3, -0.25) is 0 Å². The number of nitrogens with two attached hydrogens (primary N) is 1. The van der Waals surface area contributed by atoms with Gasteiger partial charge in [0.05, 0.1) is 13.0 Å². The first-order valence-corrected chi connectivity index (χ1v) is 4.90. The molecule has 1 aromatic heterocycles. The molecule has 0 aliphatic rings. The molecule has 0 bridgehead atoms. The zero-order valence-electron chi connectivity index (χ0n) is 8.84. The summed E-state index contributed by atoms with van der Waals surface area (Å²) in [5.41, 5.74) is 6.56. The standard InChI is InChI=1S/C10H12FN5/c1-16-14-10(13-15-16)9(6-12)7-2-4-8(11)5-3-7/h2-5,9H,6,12H2,1H3. The third-order valence-corrected chi connectivity index (χ3v) is 2.34. The van der Waals surface area contributed by atoms with Crippen LogP contribution in [0.2, 0.25) is 0 Å². The summed E-state index contributed by atoms with van der Waals surface area (Å²) in [7, 11) is 1.69. The Kier molecular flexibility index (Phi) is 2.91. The SMILES string of the molecule is Cn1nnc(C(CN)c2ccc(F)cc2)n1. The lowest BCUT2D eigenvalue weighted by atomic mass is 9.99. The Morgan fingerprint density at radius 1 is 1.38 bits per heavy atom. The van der Waals surface area contributed by atoms with Gasteiger partial charge in [0.15, 0.2) is 5.82 Å². The Hall–Kier alpha value is -1.82. The summed E-state index contributed by atoms with van der Waals surface area (Å²) in [5, 5.41) is 11.8. The van der Waals surface area contributed by atoms with E-state index in [9.17, 15) is 4.39 Å². The van der Waals surface area contributed by atoms with E-state index in [4.69, 9.17) is 5.73 Å². The van der Waals surface area contributed by atoms with Crippen molar-refractivity contribution in [3.63, 3.8) is 0 Å². The molecule has 1 aromatic carbocycles. The second-order valence-corrected chi connectivity index (χ2v) is 3.48. The number of aromatic nitrogens is 4. The first kappa shape index (κ1) is 10.7. The minimum absolute atomic E-state index is 0.144. The van der Waals surface area contributed by atoms with Gasteiger partial charge in [-0.05, 0) is 22.9 Å². The molecule has 1 unspecified atom stereocenters. The van der Waals surface area contributed by atoms with Crippen molar-refractivity contribution in [3.8, 4) is 0 Å². The third-order valence-electron chi connectivity index (χ3n) is 2.34. The van der Waals surface area contributed by atoms with Crippen LogP contribution in [0.25, 0.3) is 0 Å². The molecule has 16 heavy (non-hydrogen) atoms. The molecule has 0 amide bonds. The van der Waals surface area contributed by atoms with Crippen LogP contribution in [-0.2, 0) is 7.05 Å². The van der Waals surface area contributed by atoms with E-state index in [1.807, 2.05) is 0 Å². The number of halogens is 1. The van der Waals surface area contributed by atoms with E-state index in [-0.39, 0.29) is 11.7 Å². The maximum Gasteiger partial charge on any atom is 0.183 e. The molecule has 2 aromatic rings. The van der Waals surface area contributed by atoms with Crippen molar-refractivity contribution in [3.05, 3.63) is 41.5 Å². The van der Waals surface area contributed by atoms with Gasteiger partial charge in [-0.15, -0.1) is 10.2 Å². The zero-order chi connectivity index (χ0) is 11.5. The van der Waals surface area contributed by atoms with Gasteiger partial charge in [0.25, 0.3) is 0 Å². The summed E-state index contributed by atoms with van der Waals surface area (Å²) in [4.78, 5) is 1.38. The van der Waals surface area contributed by atoms with Crippen LogP contribution in [0.5, 0.6) is 0 Å². The summed E-state index contributed by atoms with van der Waals surface area (Å²) in [6, 6.07) is 6.16. The first-order chi connectivity index (χ1) is 7.70. The lowest BCUT2D eigenvalue weighted by Crippen LogP contribution is -2.15. The van der Waals surface area contributed by atoms with Gasteiger partial charge in [0.2, 0.25) is 0 Å². The minimum Gasteiger partial charge on any atom is -0.329 e. The average molecular weight is 221 g/mol. The molecule has 0 aliphatic carbocycles. The zero-order valence-corrected chi connectivity index (χ0v) is 8.84. The van der Waals surface area contributed by atoms with Crippen LogP contribution in [0.15, 0.2) is 24.3 Å². The molecule has 5 nitrogen and oxygen atoms in total. The van der Waals surface area contributed by atoms with Gasteiger partial charge in [0, 0.05) is 6.54 Å². The number of tetrazole rings is 1. The van der Waals surface area contributed by atoms with Gasteiger partial charge in [0.1, 0.15) is 5.82 Å². The molecule has 6 heteroatoms. The quantitative estimate of drug-likeness (QED) is 0.816. The van der Waals surface area contributed by atoms with E-state index in [1.54, 1.807) is 19.2 Å². The summed E-state index contributed by atoms with van der Waals surface area (Å²) in [6.45, 7) is 0.358. The Morgan fingerprint density at radius 3 is 2.56 bits per heavy atom. The fourth-order valence-electron chi connectivity index (χ4n) is 1.52. The summed E-state index contributed by atoms with van der Waals surface area (Å²) in [6.07, 6.45) is 0. The van der Waals surface area contributed by atoms with Crippen molar-refractivity contribution in [1.82, 2.24) is 20.2 Å². The molecular formula is C10H12FN5. The van der Waals surface area contributed by atoms with Gasteiger partial charge in [-0.25, -0.2) is 4.39 Å². The Labute approximate surface area is 92.1 Å². The molecule has 84 valence electrons. The van der Waals surface area contributed by atoms with Crippen molar-refractivity contribution in [2.24, 2.45) is 12.8 Å². The highest BCUT2D eigenvalue weighted by Gasteiger charge is 2.17. The molecule has 2 N–H and O–H groups in total. The van der Waals surface area contributed by atoms with Crippen LogP contribution in [0.4, 0.5) is 4.39 Å². The largest absolute Gasteiger partial charge is 0.329 e. The van der Waals surface area contributed by atoms with Gasteiger partial charge >= 0.3 is 0 Å². The monoisotopic (exact) mass is 221 g/mol. The summed E-state index contributed by atoms with van der Waals surface area (Å²) in [5.74, 6) is 0.137. The van der Waals surface area contributed by atoms with E-state index in [2.05, 4.69) is 15.4 Å². The molecule has 0 saturated carbocycles. The molecule has 0 spiro atoms. The number of nitrogens with zero attached hydrogens (tertiary/aromatic N) is 4. The van der Waals surface area contributed by atoms with Crippen LogP contribution in [0.3, 0.4) is 0 Å². The molecule has 0 fully saturated rings. The fraction of sp³-hybridized carbons (Fsp3) is 0.300. The molecule has 1 heterocycles. The van der Waals surface area contributed by atoms with E-state index in [1.165, 1.54) is 16.9 Å². The lowest BCUT2D eigenvalue weighted by Gasteiger charge is -2.10. The van der Waals surface area contributed by atoms with Crippen molar-refractivity contribution in [2.75, 3.05) is 6.54 Å². The number of rotatable bonds is 3. The van der Waals surface area contributed by atoms with Crippen molar-refractivity contribution < 1.29 is 4.39 Å². The number of hydrogen-bond donors (Lipinski definition) is 1. The first-order valence-electron chi connectivity index (χ1n) is 4.90. The molecule has 2 rings (SSSR count). The number of benzene rings is 1. The Bertz CT molecular complexity index is 464. The van der Waals surface area contributed by atoms with Gasteiger partial charge in [-0.1, -0.05) is 12.1 Å². The Balaban J connectivity index is 2.32. The molecule has 0 radical (unpaired) electrons. The van der Waals surface area contributed by atoms with Crippen molar-refractivity contribution in [1.29, 1.82) is 0 Å². The topological polar surface area (TPSA) is 69.6 Å². The third kappa shape index (κ3) is 2.06. The maximum atomic E-state index is 12.8. The second kappa shape index (κ2) is 4.36. The Morgan fingerprint density at radius 2 is 2.06 bits per heavy atom. The lowest BCUT2D eigenvalue weighted by molar-refractivity contribution is 0.621. The van der Waals surface area contributed by atoms with E-state index in [0.29, 0.717) is 12.4 Å². The highest BCUT2D eigenvalue weighted by molar-refractivity contribution is 5.25. The smallest absolute Gasteiger partial charge is 0.183 e. The molecule has 0 saturated heterocycles. The predicted molar refractivity (Wildman–Crippen MR) is 56.1 cm³/mol. The highest BCUT2D eigenvalue weighted by atomic mass is 19.1. The van der Waals surface area contributed by atoms with E-state index in [0.717, 1.165) is 5.56 Å². The molecular weight excluding hydrogens is 209 g/mol. The number of hydrogen-bond acceptors (Lipinski definition) is 4. The van der Waals surface area contributed by atoms with Crippen molar-refractivity contribution >= 4 is 0 Å². The molecule has 1 atom stereocenters. The summed E-state index contributed by atoms with van der Waals surface area (Å²) < 4.78 is 12.8. The van der Waals surface area contributed by atoms with E-state index < -0.39 is 0 Å². The average Bonchev–Trinajstić information content (AvgIpc) is 2.69. The predicted octanol–water partition coefficient (Wildman–Crippen LogP) is 0.440. The minimum atomic E-state index is -0.272. The van der Waals surface area contributed by atoms with Crippen molar-refractivity contribution in [2.45, 2.75) is 5.92 Å². The maximum absolute atomic E-state index is 12.8. The van der Waals surface area contributed by atoms with Gasteiger partial charge < -0.3 is 5.73 Å². The van der Waals surface area contributed by atoms with Crippen LogP contribution in [0, 0.1) is 5.82 Å². The van der Waals surface area contributed by atoms with Crippen LogP contribution in [0.1, 0.15) is 17.3 Å². The highest BCUT2D eigenvalue weighted by Crippen LogP contribution is 2.19. The number of aryl methyl sites for hydroxylation is 1. The van der Waals surface area contributed by atoms with E-state index >= 15 is 0 Å². The van der Waals surface area contributed by atoms with Gasteiger partial charge in [-0.2, -0.15) is 4.80 Å². The van der Waals surface area contributed by atoms with Crippen LogP contribution in [-0.4, -0.2) is 26.8 Å². The van der Waals surface area contributed by atoms with Crippen LogP contribution >= 0.6 is 0 Å². The normalized spacial score (nSPS) is 12.7. The van der Waals surface area contributed by atoms with Crippen LogP contribution < -0.4 is 5.73 Å². The fourth-order valence-corrected chi connectivity index (χ4v) is 1.52.